The van der Waals surface area contributed by atoms with Gasteiger partial charge in [-0.2, -0.15) is 4.68 Å². The van der Waals surface area contributed by atoms with Crippen molar-refractivity contribution in [1.82, 2.24) is 25.0 Å². The Balaban J connectivity index is 1.79. The van der Waals surface area contributed by atoms with E-state index in [4.69, 9.17) is 22.1 Å². The Morgan fingerprint density at radius 3 is 2.85 bits per heavy atom. The van der Waals surface area contributed by atoms with Gasteiger partial charge in [-0.3, -0.25) is 0 Å². The molecule has 0 aliphatic heterocycles. The molecular weight excluding hydrogens is 354 g/mol. The summed E-state index contributed by atoms with van der Waals surface area (Å²) in [4.78, 5) is 8.48. The monoisotopic (exact) mass is 367 g/mol. The summed E-state index contributed by atoms with van der Waals surface area (Å²) in [5, 5.41) is 12.0. The molecule has 0 aliphatic carbocycles. The lowest BCUT2D eigenvalue weighted by Crippen LogP contribution is -2.09. The van der Waals surface area contributed by atoms with E-state index in [2.05, 4.69) is 25.6 Å². The molecule has 0 bridgehead atoms. The van der Waals surface area contributed by atoms with Gasteiger partial charge in [0.25, 0.3) is 0 Å². The van der Waals surface area contributed by atoms with Crippen LogP contribution >= 0.6 is 11.6 Å². The van der Waals surface area contributed by atoms with Gasteiger partial charge in [0.15, 0.2) is 11.6 Å². The Hall–Kier alpha value is -3.39. The van der Waals surface area contributed by atoms with Gasteiger partial charge >= 0.3 is 0 Å². The zero-order chi connectivity index (χ0) is 18.1. The molecule has 4 rings (SSSR count). The number of hydrogen-bond donors (Lipinski definition) is 2. The number of nitrogens with two attached hydrogens (primary N) is 1. The van der Waals surface area contributed by atoms with Crippen molar-refractivity contribution in [2.75, 3.05) is 18.2 Å². The van der Waals surface area contributed by atoms with Crippen LogP contribution in [0.15, 0.2) is 48.8 Å². The normalized spacial score (nSPS) is 10.8. The zero-order valence-corrected chi connectivity index (χ0v) is 14.5. The molecular formula is C17H14ClN7O. The van der Waals surface area contributed by atoms with Crippen molar-refractivity contribution in [3.05, 3.63) is 53.8 Å². The molecule has 4 aromatic rings. The third-order valence-electron chi connectivity index (χ3n) is 3.83. The summed E-state index contributed by atoms with van der Waals surface area (Å²) in [5.41, 5.74) is 8.80. The van der Waals surface area contributed by atoms with Gasteiger partial charge < -0.3 is 15.8 Å². The molecule has 8 nitrogen and oxygen atoms in total. The maximum absolute atomic E-state index is 6.29. The second-order valence-electron chi connectivity index (χ2n) is 5.42. The molecule has 0 atom stereocenters. The van der Waals surface area contributed by atoms with E-state index < -0.39 is 0 Å². The van der Waals surface area contributed by atoms with Crippen molar-refractivity contribution in [3.63, 3.8) is 0 Å². The van der Waals surface area contributed by atoms with Crippen LogP contribution in [-0.4, -0.2) is 32.1 Å². The lowest BCUT2D eigenvalue weighted by molar-refractivity contribution is 0.417. The lowest BCUT2D eigenvalue weighted by Gasteiger charge is -2.14. The summed E-state index contributed by atoms with van der Waals surface area (Å²) in [7, 11) is 1.57. The van der Waals surface area contributed by atoms with Crippen LogP contribution in [0.25, 0.3) is 16.9 Å². The number of nitrogen functional groups attached to an aromatic ring is 1. The summed E-state index contributed by atoms with van der Waals surface area (Å²) in [6.45, 7) is 0. The Morgan fingerprint density at radius 2 is 2.00 bits per heavy atom. The van der Waals surface area contributed by atoms with Crippen molar-refractivity contribution in [1.29, 1.82) is 0 Å². The van der Waals surface area contributed by atoms with Gasteiger partial charge in [0, 0.05) is 5.02 Å². The van der Waals surface area contributed by atoms with E-state index in [0.717, 1.165) is 11.0 Å². The van der Waals surface area contributed by atoms with Crippen molar-refractivity contribution >= 4 is 39.8 Å². The van der Waals surface area contributed by atoms with E-state index >= 15 is 0 Å². The van der Waals surface area contributed by atoms with E-state index in [1.165, 1.54) is 6.33 Å². The molecule has 0 radical (unpaired) electrons. The van der Waals surface area contributed by atoms with Gasteiger partial charge in [-0.25, -0.2) is 9.97 Å². The Labute approximate surface area is 153 Å². The highest BCUT2D eigenvalue weighted by molar-refractivity contribution is 6.31. The topological polar surface area (TPSA) is 104 Å². The molecule has 0 unspecified atom stereocenters. The molecule has 2 heterocycles. The molecule has 0 aliphatic rings. The van der Waals surface area contributed by atoms with E-state index in [1.54, 1.807) is 30.0 Å². The predicted octanol–water partition coefficient (Wildman–Crippen LogP) is 3.20. The fraction of sp³-hybridized carbons (Fsp3) is 0.0588. The number of aromatic nitrogens is 5. The maximum atomic E-state index is 6.29. The Kier molecular flexibility index (Phi) is 4.02. The Morgan fingerprint density at radius 1 is 1.15 bits per heavy atom. The summed E-state index contributed by atoms with van der Waals surface area (Å²) >= 11 is 6.08. The minimum Gasteiger partial charge on any atom is -0.495 e. The molecule has 0 spiro atoms. The van der Waals surface area contributed by atoms with E-state index in [1.807, 2.05) is 24.3 Å². The third kappa shape index (κ3) is 2.76. The zero-order valence-electron chi connectivity index (χ0n) is 13.7. The Bertz CT molecular complexity index is 1100. The average molecular weight is 368 g/mol. The van der Waals surface area contributed by atoms with Gasteiger partial charge in [0.05, 0.1) is 18.3 Å². The van der Waals surface area contributed by atoms with Crippen LogP contribution in [0, 0.1) is 0 Å². The molecule has 2 aromatic heterocycles. The predicted molar refractivity (Wildman–Crippen MR) is 100 cm³/mol. The SMILES string of the molecule is COc1ccc(Cl)cc1Nc1ncnc(-n2nnc3ccccc32)c1N. The second-order valence-corrected chi connectivity index (χ2v) is 5.86. The fourth-order valence-corrected chi connectivity index (χ4v) is 2.76. The van der Waals surface area contributed by atoms with E-state index in [9.17, 15) is 0 Å². The van der Waals surface area contributed by atoms with Crippen molar-refractivity contribution in [2.45, 2.75) is 0 Å². The quantitative estimate of drug-likeness (QED) is 0.570. The number of nitrogens with zero attached hydrogens (tertiary/aromatic N) is 5. The van der Waals surface area contributed by atoms with Gasteiger partial charge in [-0.1, -0.05) is 28.9 Å². The largest absolute Gasteiger partial charge is 0.495 e. The number of para-hydroxylation sites is 1. The van der Waals surface area contributed by atoms with Crippen LogP contribution in [0.1, 0.15) is 0 Å². The number of hydrogen-bond acceptors (Lipinski definition) is 7. The first-order chi connectivity index (χ1) is 12.7. The molecule has 0 saturated heterocycles. The first-order valence-corrected chi connectivity index (χ1v) is 8.07. The highest BCUT2D eigenvalue weighted by Gasteiger charge is 2.15. The number of rotatable bonds is 4. The number of methoxy groups -OCH3 is 1. The molecule has 0 saturated carbocycles. The molecule has 0 fully saturated rings. The minimum absolute atomic E-state index is 0.324. The number of ether oxygens (including phenoxy) is 1. The number of nitrogens with one attached hydrogen (secondary N) is 1. The molecule has 0 amide bonds. The van der Waals surface area contributed by atoms with Crippen LogP contribution < -0.4 is 15.8 Å². The van der Waals surface area contributed by atoms with Crippen LogP contribution in [0.5, 0.6) is 5.75 Å². The highest BCUT2D eigenvalue weighted by Crippen LogP contribution is 2.33. The average Bonchev–Trinajstić information content (AvgIpc) is 3.08. The second kappa shape index (κ2) is 6.49. The molecule has 3 N–H and O–H groups in total. The maximum Gasteiger partial charge on any atom is 0.184 e. The fourth-order valence-electron chi connectivity index (χ4n) is 2.59. The minimum atomic E-state index is 0.324. The first kappa shape index (κ1) is 16.1. The standard InChI is InChI=1S/C17H14ClN7O/c1-26-14-7-6-10(18)8-12(14)22-16-15(19)17(21-9-20-16)25-13-5-3-2-4-11(13)23-24-25/h2-9H,19H2,1H3,(H,20,21,22). The summed E-state index contributed by atoms with van der Waals surface area (Å²) < 4.78 is 6.92. The summed E-state index contributed by atoms with van der Waals surface area (Å²) in [6, 6.07) is 12.8. The summed E-state index contributed by atoms with van der Waals surface area (Å²) in [5.74, 6) is 1.45. The number of anilines is 3. The van der Waals surface area contributed by atoms with Crippen LogP contribution in [-0.2, 0) is 0 Å². The summed E-state index contributed by atoms with van der Waals surface area (Å²) in [6.07, 6.45) is 1.40. The highest BCUT2D eigenvalue weighted by atomic mass is 35.5. The van der Waals surface area contributed by atoms with Crippen molar-refractivity contribution < 1.29 is 4.74 Å². The number of fused-ring (bicyclic) bond motifs is 1. The number of benzene rings is 2. The van der Waals surface area contributed by atoms with Crippen LogP contribution in [0.2, 0.25) is 5.02 Å². The van der Waals surface area contributed by atoms with Crippen LogP contribution in [0.3, 0.4) is 0 Å². The molecule has 130 valence electrons. The van der Waals surface area contributed by atoms with Crippen molar-refractivity contribution in [2.24, 2.45) is 0 Å². The number of halogens is 1. The van der Waals surface area contributed by atoms with E-state index in [-0.39, 0.29) is 0 Å². The third-order valence-corrected chi connectivity index (χ3v) is 4.07. The van der Waals surface area contributed by atoms with Gasteiger partial charge in [-0.05, 0) is 30.3 Å². The molecule has 9 heteroatoms. The van der Waals surface area contributed by atoms with Crippen LogP contribution in [0.4, 0.5) is 17.2 Å². The van der Waals surface area contributed by atoms with E-state index in [0.29, 0.717) is 33.8 Å². The first-order valence-electron chi connectivity index (χ1n) is 7.69. The van der Waals surface area contributed by atoms with Gasteiger partial charge in [-0.15, -0.1) is 5.10 Å². The molecule has 2 aromatic carbocycles. The lowest BCUT2D eigenvalue weighted by atomic mass is 10.3. The molecule has 26 heavy (non-hydrogen) atoms. The smallest absolute Gasteiger partial charge is 0.184 e. The van der Waals surface area contributed by atoms with Gasteiger partial charge in [0.2, 0.25) is 0 Å². The van der Waals surface area contributed by atoms with Crippen molar-refractivity contribution in [3.8, 4) is 11.6 Å². The van der Waals surface area contributed by atoms with Gasteiger partial charge in [0.1, 0.15) is 23.3 Å².